The molecule has 104 valence electrons. The third kappa shape index (κ3) is 2.99. The van der Waals surface area contributed by atoms with Crippen LogP contribution in [0.4, 0.5) is 0 Å². The molecule has 0 fully saturated rings. The number of ether oxygens (including phenoxy) is 2. The molecule has 0 unspecified atom stereocenters. The molecule has 0 aliphatic rings. The fourth-order valence-corrected chi connectivity index (χ4v) is 2.10. The molecule has 0 aromatic heterocycles. The molecule has 0 spiro atoms. The van der Waals surface area contributed by atoms with Crippen molar-refractivity contribution in [2.45, 2.75) is 20.5 Å². The molecule has 0 saturated heterocycles. The minimum absolute atomic E-state index is 0.481. The summed E-state index contributed by atoms with van der Waals surface area (Å²) in [7, 11) is 1.57. The molecular weight excluding hydrogens is 252 g/mol. The van der Waals surface area contributed by atoms with Gasteiger partial charge in [-0.25, -0.2) is 0 Å². The third-order valence-corrected chi connectivity index (χ3v) is 3.34. The van der Waals surface area contributed by atoms with Crippen molar-refractivity contribution in [2.24, 2.45) is 0 Å². The van der Waals surface area contributed by atoms with Gasteiger partial charge in [0, 0.05) is 5.56 Å². The molecule has 0 atom stereocenters. The number of benzene rings is 2. The van der Waals surface area contributed by atoms with Gasteiger partial charge in [0.2, 0.25) is 0 Å². The van der Waals surface area contributed by atoms with Gasteiger partial charge in [-0.15, -0.1) is 0 Å². The van der Waals surface area contributed by atoms with Gasteiger partial charge in [-0.3, -0.25) is 4.79 Å². The molecule has 2 aromatic carbocycles. The van der Waals surface area contributed by atoms with E-state index < -0.39 is 0 Å². The quantitative estimate of drug-likeness (QED) is 0.777. The van der Waals surface area contributed by atoms with E-state index in [2.05, 4.69) is 26.0 Å². The molecule has 0 aliphatic heterocycles. The largest absolute Gasteiger partial charge is 0.493 e. The van der Waals surface area contributed by atoms with E-state index in [-0.39, 0.29) is 0 Å². The van der Waals surface area contributed by atoms with Crippen LogP contribution in [0, 0.1) is 13.8 Å². The van der Waals surface area contributed by atoms with Crippen LogP contribution in [-0.4, -0.2) is 13.4 Å². The van der Waals surface area contributed by atoms with E-state index in [1.807, 2.05) is 6.07 Å². The molecule has 0 bridgehead atoms. The SMILES string of the molecule is COc1cc(C=O)ccc1OCc1c(C)cccc1C. The molecule has 20 heavy (non-hydrogen) atoms. The molecule has 0 aliphatic carbocycles. The van der Waals surface area contributed by atoms with Crippen molar-refractivity contribution in [3.05, 3.63) is 58.7 Å². The highest BCUT2D eigenvalue weighted by atomic mass is 16.5. The first kappa shape index (κ1) is 14.1. The van der Waals surface area contributed by atoms with Crippen molar-refractivity contribution in [1.82, 2.24) is 0 Å². The molecular formula is C17H18O3. The normalized spacial score (nSPS) is 10.2. The van der Waals surface area contributed by atoms with Crippen molar-refractivity contribution in [2.75, 3.05) is 7.11 Å². The fourth-order valence-electron chi connectivity index (χ4n) is 2.10. The average Bonchev–Trinajstić information content (AvgIpc) is 2.46. The van der Waals surface area contributed by atoms with Crippen LogP contribution in [0.1, 0.15) is 27.0 Å². The Morgan fingerprint density at radius 2 is 1.75 bits per heavy atom. The lowest BCUT2D eigenvalue weighted by atomic mass is 10.0. The lowest BCUT2D eigenvalue weighted by Crippen LogP contribution is -2.02. The van der Waals surface area contributed by atoms with Crippen LogP contribution < -0.4 is 9.47 Å². The maximum atomic E-state index is 10.8. The zero-order chi connectivity index (χ0) is 14.5. The number of methoxy groups -OCH3 is 1. The number of aldehydes is 1. The number of aryl methyl sites for hydroxylation is 2. The van der Waals surface area contributed by atoms with E-state index in [4.69, 9.17) is 9.47 Å². The summed E-state index contributed by atoms with van der Waals surface area (Å²) in [5, 5.41) is 0. The van der Waals surface area contributed by atoms with Crippen molar-refractivity contribution in [3.8, 4) is 11.5 Å². The first-order chi connectivity index (χ1) is 9.65. The summed E-state index contributed by atoms with van der Waals surface area (Å²) in [4.78, 5) is 10.8. The molecule has 0 amide bonds. The van der Waals surface area contributed by atoms with E-state index >= 15 is 0 Å². The van der Waals surface area contributed by atoms with E-state index in [9.17, 15) is 4.79 Å². The smallest absolute Gasteiger partial charge is 0.161 e. The first-order valence-corrected chi connectivity index (χ1v) is 6.47. The molecule has 3 heteroatoms. The van der Waals surface area contributed by atoms with Crippen LogP contribution >= 0.6 is 0 Å². The van der Waals surface area contributed by atoms with Gasteiger partial charge in [0.15, 0.2) is 11.5 Å². The topological polar surface area (TPSA) is 35.5 Å². The Balaban J connectivity index is 2.21. The number of hydrogen-bond acceptors (Lipinski definition) is 3. The Bertz CT molecular complexity index is 597. The Labute approximate surface area is 119 Å². The number of rotatable bonds is 5. The van der Waals surface area contributed by atoms with Crippen molar-refractivity contribution in [1.29, 1.82) is 0 Å². The molecule has 3 nitrogen and oxygen atoms in total. The van der Waals surface area contributed by atoms with Gasteiger partial charge in [0.25, 0.3) is 0 Å². The van der Waals surface area contributed by atoms with Crippen LogP contribution in [0.2, 0.25) is 0 Å². The molecule has 0 heterocycles. The highest BCUT2D eigenvalue weighted by Gasteiger charge is 2.08. The zero-order valence-electron chi connectivity index (χ0n) is 12.0. The van der Waals surface area contributed by atoms with Gasteiger partial charge in [0.1, 0.15) is 12.9 Å². The van der Waals surface area contributed by atoms with Gasteiger partial charge >= 0.3 is 0 Å². The van der Waals surface area contributed by atoms with E-state index in [0.717, 1.165) is 6.29 Å². The molecule has 2 aromatic rings. The average molecular weight is 270 g/mol. The lowest BCUT2D eigenvalue weighted by Gasteiger charge is -2.14. The second kappa shape index (κ2) is 6.24. The van der Waals surface area contributed by atoms with Gasteiger partial charge < -0.3 is 9.47 Å². The summed E-state index contributed by atoms with van der Waals surface area (Å²) in [6.45, 7) is 4.62. The molecule has 0 saturated carbocycles. The second-order valence-corrected chi connectivity index (χ2v) is 4.69. The van der Waals surface area contributed by atoms with E-state index in [1.165, 1.54) is 16.7 Å². The molecule has 0 radical (unpaired) electrons. The first-order valence-electron chi connectivity index (χ1n) is 6.47. The maximum absolute atomic E-state index is 10.8. The standard InChI is InChI=1S/C17H18O3/c1-12-5-4-6-13(2)15(12)11-20-16-8-7-14(10-18)9-17(16)19-3/h4-10H,11H2,1-3H3. The Morgan fingerprint density at radius 3 is 2.35 bits per heavy atom. The summed E-state index contributed by atoms with van der Waals surface area (Å²) in [6.07, 6.45) is 0.789. The lowest BCUT2D eigenvalue weighted by molar-refractivity contribution is 0.112. The summed E-state index contributed by atoms with van der Waals surface area (Å²) in [5.74, 6) is 1.21. The van der Waals surface area contributed by atoms with Gasteiger partial charge in [0.05, 0.1) is 7.11 Å². The predicted molar refractivity (Wildman–Crippen MR) is 78.6 cm³/mol. The number of carbonyl (C=O) groups is 1. The van der Waals surface area contributed by atoms with E-state index in [1.54, 1.807) is 25.3 Å². The minimum atomic E-state index is 0.481. The highest BCUT2D eigenvalue weighted by Crippen LogP contribution is 2.29. The summed E-state index contributed by atoms with van der Waals surface area (Å²) in [6, 6.07) is 11.3. The van der Waals surface area contributed by atoms with Crippen molar-refractivity contribution >= 4 is 6.29 Å². The molecule has 0 N–H and O–H groups in total. The molecule has 2 rings (SSSR count). The fraction of sp³-hybridized carbons (Fsp3) is 0.235. The van der Waals surface area contributed by atoms with Crippen molar-refractivity contribution in [3.63, 3.8) is 0 Å². The predicted octanol–water partition coefficient (Wildman–Crippen LogP) is 3.70. The summed E-state index contributed by atoms with van der Waals surface area (Å²) < 4.78 is 11.1. The summed E-state index contributed by atoms with van der Waals surface area (Å²) in [5.41, 5.74) is 4.15. The Morgan fingerprint density at radius 1 is 1.05 bits per heavy atom. The van der Waals surface area contributed by atoms with Crippen molar-refractivity contribution < 1.29 is 14.3 Å². The van der Waals surface area contributed by atoms with Crippen LogP contribution in [0.25, 0.3) is 0 Å². The van der Waals surface area contributed by atoms with Crippen LogP contribution in [-0.2, 0) is 6.61 Å². The highest BCUT2D eigenvalue weighted by molar-refractivity contribution is 5.76. The number of hydrogen-bond donors (Lipinski definition) is 0. The third-order valence-electron chi connectivity index (χ3n) is 3.34. The van der Waals surface area contributed by atoms with Gasteiger partial charge in [-0.05, 0) is 48.7 Å². The number of carbonyl (C=O) groups excluding carboxylic acids is 1. The summed E-state index contributed by atoms with van der Waals surface area (Å²) >= 11 is 0. The van der Waals surface area contributed by atoms with E-state index in [0.29, 0.717) is 23.7 Å². The van der Waals surface area contributed by atoms with Crippen LogP contribution in [0.5, 0.6) is 11.5 Å². The van der Waals surface area contributed by atoms with Gasteiger partial charge in [-0.1, -0.05) is 18.2 Å². The van der Waals surface area contributed by atoms with Crippen LogP contribution in [0.15, 0.2) is 36.4 Å². The zero-order valence-corrected chi connectivity index (χ0v) is 12.0. The van der Waals surface area contributed by atoms with Crippen LogP contribution in [0.3, 0.4) is 0 Å². The monoisotopic (exact) mass is 270 g/mol. The maximum Gasteiger partial charge on any atom is 0.161 e. The Kier molecular flexibility index (Phi) is 4.41. The van der Waals surface area contributed by atoms with Gasteiger partial charge in [-0.2, -0.15) is 0 Å². The minimum Gasteiger partial charge on any atom is -0.493 e. The Hall–Kier alpha value is -2.29. The second-order valence-electron chi connectivity index (χ2n) is 4.69.